The summed E-state index contributed by atoms with van der Waals surface area (Å²) in [6.45, 7) is 1.37. The van der Waals surface area contributed by atoms with Gasteiger partial charge >= 0.3 is 0 Å². The summed E-state index contributed by atoms with van der Waals surface area (Å²) in [6.07, 6.45) is 3.40. The molecule has 0 spiro atoms. The lowest BCUT2D eigenvalue weighted by Gasteiger charge is -2.27. The lowest BCUT2D eigenvalue weighted by atomic mass is 10.2. The van der Waals surface area contributed by atoms with E-state index in [0.29, 0.717) is 32.3 Å². The fraction of sp³-hybridized carbons (Fsp3) is 0.389. The zero-order chi connectivity index (χ0) is 23.6. The van der Waals surface area contributed by atoms with Crippen LogP contribution in [0.2, 0.25) is 0 Å². The second-order valence-corrected chi connectivity index (χ2v) is 6.56. The van der Waals surface area contributed by atoms with E-state index in [1.165, 1.54) is 12.5 Å². The quantitative estimate of drug-likeness (QED) is 0.619. The number of hydrogen-bond donors (Lipinski definition) is 2. The number of imidazole rings is 1. The minimum Gasteiger partial charge on any atom is -0.378 e. The first kappa shape index (κ1) is 16.4. The molecule has 0 bridgehead atoms. The van der Waals surface area contributed by atoms with Crippen LogP contribution in [-0.4, -0.2) is 55.8 Å². The molecule has 10 nitrogen and oxygen atoms in total. The van der Waals surface area contributed by atoms with Gasteiger partial charge in [-0.25, -0.2) is 13.8 Å². The third-order valence-electron chi connectivity index (χ3n) is 4.33. The second kappa shape index (κ2) is 8.53. The topological polar surface area (TPSA) is 106 Å². The van der Waals surface area contributed by atoms with Gasteiger partial charge in [0.25, 0.3) is 0 Å². The molecule has 0 saturated carbocycles. The molecule has 0 radical (unpaired) electrons. The maximum Gasteiger partial charge on any atom is 0.235 e. The average Bonchev–Trinajstić information content (AvgIpc) is 3.23. The molecule has 4 rings (SSSR count). The van der Waals surface area contributed by atoms with Crippen molar-refractivity contribution in [1.29, 1.82) is 0 Å². The first-order valence-corrected chi connectivity index (χ1v) is 9.17. The highest BCUT2D eigenvalue weighted by Gasteiger charge is 2.19. The van der Waals surface area contributed by atoms with Crippen LogP contribution in [0, 0.1) is 11.6 Å². The van der Waals surface area contributed by atoms with Crippen LogP contribution in [0.3, 0.4) is 0 Å². The molecule has 1 aliphatic heterocycles. The molecule has 1 fully saturated rings. The van der Waals surface area contributed by atoms with Gasteiger partial charge in [0.15, 0.2) is 5.82 Å². The summed E-state index contributed by atoms with van der Waals surface area (Å²) in [5, 5.41) is 5.82. The Morgan fingerprint density at radius 1 is 1.17 bits per heavy atom. The monoisotopic (exact) mass is 420 g/mol. The lowest BCUT2D eigenvalue weighted by molar-refractivity contribution is 0.122. The molecule has 1 atom stereocenters. The Kier molecular flexibility index (Phi) is 4.66. The van der Waals surface area contributed by atoms with Gasteiger partial charge in [-0.15, -0.1) is 0 Å². The molecule has 2 N–H and O–H groups in total. The van der Waals surface area contributed by atoms with Crippen LogP contribution in [0.4, 0.5) is 32.4 Å². The number of anilines is 4. The highest BCUT2D eigenvalue weighted by molar-refractivity contribution is 5.52. The van der Waals surface area contributed by atoms with Crippen molar-refractivity contribution < 1.29 is 17.6 Å². The maximum absolute atomic E-state index is 14.2. The Balaban J connectivity index is 1.62. The second-order valence-electron chi connectivity index (χ2n) is 6.56. The average molecular weight is 420 g/mol. The first-order chi connectivity index (χ1) is 15.7. The third kappa shape index (κ3) is 4.59. The molecule has 158 valence electrons. The number of morpholine rings is 1. The van der Waals surface area contributed by atoms with Gasteiger partial charge in [-0.2, -0.15) is 15.0 Å². The molecule has 4 heterocycles. The number of pyridine rings is 1. The summed E-state index contributed by atoms with van der Waals surface area (Å²) in [5.41, 5.74) is -0.00401. The summed E-state index contributed by atoms with van der Waals surface area (Å²) >= 11 is 0. The van der Waals surface area contributed by atoms with Crippen molar-refractivity contribution in [3.8, 4) is 0 Å². The number of halogens is 2. The molecule has 1 unspecified atom stereocenters. The van der Waals surface area contributed by atoms with Gasteiger partial charge in [-0.3, -0.25) is 4.98 Å². The van der Waals surface area contributed by atoms with E-state index in [4.69, 9.17) is 8.85 Å². The SMILES string of the molecule is [2H]C([2H])([2H])n1cnc(Nc2nc(NC(C)c3ncc(F)cc3F)nc(N3CCOCC3)n2)c1. The Morgan fingerprint density at radius 3 is 2.70 bits per heavy atom. The normalized spacial score (nSPS) is 17.0. The van der Waals surface area contributed by atoms with Crippen LogP contribution in [0.5, 0.6) is 0 Å². The summed E-state index contributed by atoms with van der Waals surface area (Å²) in [5.74, 6) is -0.803. The Hall–Kier alpha value is -3.41. The molecule has 3 aromatic rings. The minimum absolute atomic E-state index is 0.00401. The fourth-order valence-electron chi connectivity index (χ4n) is 2.90. The molecule has 12 heteroatoms. The van der Waals surface area contributed by atoms with Gasteiger partial charge in [0.2, 0.25) is 17.8 Å². The van der Waals surface area contributed by atoms with Gasteiger partial charge in [0.1, 0.15) is 11.6 Å². The van der Waals surface area contributed by atoms with Crippen LogP contribution >= 0.6 is 0 Å². The number of aryl methyl sites for hydroxylation is 1. The molecular formula is C18H21F2N9O. The molecular weight excluding hydrogens is 396 g/mol. The van der Waals surface area contributed by atoms with Gasteiger partial charge in [-0.1, -0.05) is 0 Å². The Labute approximate surface area is 175 Å². The van der Waals surface area contributed by atoms with Crippen LogP contribution in [0.1, 0.15) is 22.8 Å². The molecule has 1 aliphatic rings. The number of nitrogens with one attached hydrogen (secondary N) is 2. The predicted molar refractivity (Wildman–Crippen MR) is 106 cm³/mol. The van der Waals surface area contributed by atoms with Crippen molar-refractivity contribution >= 4 is 23.7 Å². The standard InChI is InChI=1S/C18H21F2N9O/c1-11(15-13(20)7-12(19)8-21-15)23-16-25-17(24-14-9-28(2)10-22-14)27-18(26-16)29-3-5-30-6-4-29/h7-11H,3-6H2,1-2H3,(H2,23,24,25,26,27)/i2D3. The molecule has 0 aromatic carbocycles. The van der Waals surface area contributed by atoms with Crippen molar-refractivity contribution in [2.24, 2.45) is 6.98 Å². The predicted octanol–water partition coefficient (Wildman–Crippen LogP) is 2.03. The molecule has 0 amide bonds. The van der Waals surface area contributed by atoms with E-state index in [-0.39, 0.29) is 23.4 Å². The fourth-order valence-corrected chi connectivity index (χ4v) is 2.90. The van der Waals surface area contributed by atoms with E-state index in [9.17, 15) is 8.78 Å². The minimum atomic E-state index is -2.38. The van der Waals surface area contributed by atoms with E-state index in [1.54, 1.807) is 6.92 Å². The summed E-state index contributed by atoms with van der Waals surface area (Å²) in [4.78, 5) is 22.8. The summed E-state index contributed by atoms with van der Waals surface area (Å²) < 4.78 is 56.1. The Bertz CT molecular complexity index is 1120. The van der Waals surface area contributed by atoms with E-state index in [0.717, 1.165) is 16.8 Å². The molecule has 30 heavy (non-hydrogen) atoms. The number of aromatic nitrogens is 6. The van der Waals surface area contributed by atoms with Gasteiger partial charge in [0.05, 0.1) is 37.5 Å². The van der Waals surface area contributed by atoms with Gasteiger partial charge < -0.3 is 24.8 Å². The van der Waals surface area contributed by atoms with Crippen molar-refractivity contribution in [2.75, 3.05) is 41.8 Å². The first-order valence-electron chi connectivity index (χ1n) is 10.7. The molecule has 1 saturated heterocycles. The van der Waals surface area contributed by atoms with Crippen LogP contribution in [-0.2, 0) is 11.7 Å². The van der Waals surface area contributed by atoms with Crippen molar-refractivity contribution in [3.63, 3.8) is 0 Å². The zero-order valence-corrected chi connectivity index (χ0v) is 16.0. The van der Waals surface area contributed by atoms with Crippen molar-refractivity contribution in [1.82, 2.24) is 29.5 Å². The number of ether oxygens (including phenoxy) is 1. The number of hydrogen-bond acceptors (Lipinski definition) is 9. The van der Waals surface area contributed by atoms with Gasteiger partial charge in [-0.05, 0) is 6.92 Å². The lowest BCUT2D eigenvalue weighted by Crippen LogP contribution is -2.37. The number of nitrogens with zero attached hydrogens (tertiary/aromatic N) is 7. The number of rotatable bonds is 6. The zero-order valence-electron chi connectivity index (χ0n) is 19.0. The molecule has 0 aliphatic carbocycles. The maximum atomic E-state index is 14.2. The largest absolute Gasteiger partial charge is 0.378 e. The third-order valence-corrected chi connectivity index (χ3v) is 4.33. The van der Waals surface area contributed by atoms with E-state index < -0.39 is 24.7 Å². The van der Waals surface area contributed by atoms with Crippen LogP contribution < -0.4 is 15.5 Å². The van der Waals surface area contributed by atoms with E-state index in [2.05, 4.69) is 35.6 Å². The van der Waals surface area contributed by atoms with E-state index >= 15 is 0 Å². The van der Waals surface area contributed by atoms with E-state index in [1.807, 2.05) is 4.90 Å². The highest BCUT2D eigenvalue weighted by atomic mass is 19.1. The van der Waals surface area contributed by atoms with Gasteiger partial charge in [0, 0.05) is 36.4 Å². The summed E-state index contributed by atoms with van der Waals surface area (Å²) in [6, 6.07) is 0.0644. The van der Waals surface area contributed by atoms with Crippen molar-refractivity contribution in [2.45, 2.75) is 13.0 Å². The smallest absolute Gasteiger partial charge is 0.235 e. The molecule has 3 aromatic heterocycles. The highest BCUT2D eigenvalue weighted by Crippen LogP contribution is 2.22. The van der Waals surface area contributed by atoms with Crippen LogP contribution in [0.15, 0.2) is 24.8 Å². The van der Waals surface area contributed by atoms with Crippen LogP contribution in [0.25, 0.3) is 0 Å². The van der Waals surface area contributed by atoms with Crippen molar-refractivity contribution in [3.05, 3.63) is 42.1 Å². The summed E-state index contributed by atoms with van der Waals surface area (Å²) in [7, 11) is 0. The Morgan fingerprint density at radius 2 is 1.97 bits per heavy atom.